The Morgan fingerprint density at radius 1 is 0.625 bits per heavy atom. The molecule has 0 amide bonds. The Balaban J connectivity index is 0.000000177. The van der Waals surface area contributed by atoms with Gasteiger partial charge in [-0.25, -0.2) is 0 Å². The molecule has 3 rings (SSSR count). The van der Waals surface area contributed by atoms with Gasteiger partial charge in [-0.2, -0.15) is 0 Å². The molecule has 0 N–H and O–H groups in total. The molecule has 0 saturated heterocycles. The maximum Gasteiger partial charge on any atom is -0.0287 e. The number of hydrogen-bond acceptors (Lipinski definition) is 0. The van der Waals surface area contributed by atoms with Crippen molar-refractivity contribution in [3.63, 3.8) is 0 Å². The second-order valence-electron chi connectivity index (χ2n) is 11.3. The van der Waals surface area contributed by atoms with Gasteiger partial charge in [0.05, 0.1) is 0 Å². The molecule has 0 bridgehead atoms. The molecule has 0 aromatic carbocycles. The van der Waals surface area contributed by atoms with Crippen LogP contribution in [-0.4, -0.2) is 0 Å². The first kappa shape index (κ1) is 20.3. The third-order valence-electron chi connectivity index (χ3n) is 7.69. The summed E-state index contributed by atoms with van der Waals surface area (Å²) in [6.07, 6.45) is 10.7. The molecule has 0 nitrogen and oxygen atoms in total. The molecule has 3 fully saturated rings. The van der Waals surface area contributed by atoms with Crippen LogP contribution < -0.4 is 0 Å². The predicted octanol–water partition coefficient (Wildman–Crippen LogP) is 7.82. The fourth-order valence-electron chi connectivity index (χ4n) is 5.57. The molecule has 24 heavy (non-hydrogen) atoms. The van der Waals surface area contributed by atoms with E-state index >= 15 is 0 Å². The Kier molecular flexibility index (Phi) is 6.88. The smallest absolute Gasteiger partial charge is 0.0287 e. The highest BCUT2D eigenvalue weighted by Gasteiger charge is 2.53. The van der Waals surface area contributed by atoms with E-state index in [4.69, 9.17) is 0 Å². The molecule has 3 aliphatic rings. The molecule has 0 aliphatic heterocycles. The number of hydrogen-bond donors (Lipinski definition) is 0. The molecule has 0 radical (unpaired) electrons. The van der Waals surface area contributed by atoms with Crippen LogP contribution in [0.4, 0.5) is 0 Å². The fraction of sp³-hybridized carbons (Fsp3) is 1.00. The summed E-state index contributed by atoms with van der Waals surface area (Å²) in [4.78, 5) is 0. The summed E-state index contributed by atoms with van der Waals surface area (Å²) in [5.41, 5.74) is 0.851. The third-order valence-corrected chi connectivity index (χ3v) is 7.69. The predicted molar refractivity (Wildman–Crippen MR) is 108 cm³/mol. The summed E-state index contributed by atoms with van der Waals surface area (Å²) in [6.45, 7) is 18.9. The minimum absolute atomic E-state index is 0.851. The van der Waals surface area contributed by atoms with Crippen molar-refractivity contribution in [3.8, 4) is 0 Å². The monoisotopic (exact) mass is 334 g/mol. The van der Waals surface area contributed by atoms with Crippen LogP contribution in [0, 0.1) is 52.8 Å². The zero-order chi connectivity index (χ0) is 18.1. The van der Waals surface area contributed by atoms with Crippen LogP contribution in [0.5, 0.6) is 0 Å². The van der Waals surface area contributed by atoms with Crippen molar-refractivity contribution in [3.05, 3.63) is 0 Å². The van der Waals surface area contributed by atoms with Crippen molar-refractivity contribution in [1.29, 1.82) is 0 Å². The van der Waals surface area contributed by atoms with Gasteiger partial charge in [0.15, 0.2) is 0 Å². The highest BCUT2D eigenvalue weighted by Crippen LogP contribution is 2.63. The second kappa shape index (κ2) is 8.13. The first-order valence-corrected chi connectivity index (χ1v) is 11.1. The molecule has 0 unspecified atom stereocenters. The lowest BCUT2D eigenvalue weighted by atomic mass is 9.45. The molecule has 0 heteroatoms. The van der Waals surface area contributed by atoms with Crippen molar-refractivity contribution in [2.75, 3.05) is 0 Å². The highest BCUT2D eigenvalue weighted by molar-refractivity contribution is 5.03. The zero-order valence-electron chi connectivity index (χ0n) is 18.1. The van der Waals surface area contributed by atoms with Crippen molar-refractivity contribution in [2.45, 2.75) is 100 Å². The van der Waals surface area contributed by atoms with Gasteiger partial charge in [0.25, 0.3) is 0 Å². The van der Waals surface area contributed by atoms with Gasteiger partial charge in [-0.05, 0) is 97.7 Å². The molecule has 3 aliphatic carbocycles. The Morgan fingerprint density at radius 3 is 1.29 bits per heavy atom. The van der Waals surface area contributed by atoms with Crippen LogP contribution in [0.25, 0.3) is 0 Å². The molecular weight excluding hydrogens is 288 g/mol. The fourth-order valence-corrected chi connectivity index (χ4v) is 5.57. The standard InChI is InChI=1S/C13H24.C11H22/c1-9(2)11-5-13(6-11)7-12(8-13)10(3)4;1-8(2)5-10-6-11(7-10)9(3)4/h9-12H,5-8H2,1-4H3;8-11H,5-7H2,1-4H3. The molecule has 3 saturated carbocycles. The Bertz CT molecular complexity index is 332. The van der Waals surface area contributed by atoms with E-state index < -0.39 is 0 Å². The quantitative estimate of drug-likeness (QED) is 0.480. The SMILES string of the molecule is CC(C)C1CC2(C1)CC(C(C)C)C2.CC(C)CC1CC(C(C)C)C1. The summed E-state index contributed by atoms with van der Waals surface area (Å²) in [7, 11) is 0. The van der Waals surface area contributed by atoms with Crippen molar-refractivity contribution in [2.24, 2.45) is 52.8 Å². The molecule has 1 spiro atoms. The highest BCUT2D eigenvalue weighted by atomic mass is 14.6. The molecular formula is C24H46. The van der Waals surface area contributed by atoms with Gasteiger partial charge >= 0.3 is 0 Å². The summed E-state index contributed by atoms with van der Waals surface area (Å²) < 4.78 is 0. The van der Waals surface area contributed by atoms with Gasteiger partial charge in [0.1, 0.15) is 0 Å². The summed E-state index contributed by atoms with van der Waals surface area (Å²) in [5.74, 6) is 7.96. The molecule has 0 heterocycles. The van der Waals surface area contributed by atoms with Crippen LogP contribution in [0.15, 0.2) is 0 Å². The van der Waals surface area contributed by atoms with Gasteiger partial charge < -0.3 is 0 Å². The zero-order valence-corrected chi connectivity index (χ0v) is 18.1. The van der Waals surface area contributed by atoms with Crippen LogP contribution >= 0.6 is 0 Å². The third kappa shape index (κ3) is 5.01. The van der Waals surface area contributed by atoms with Gasteiger partial charge in [-0.1, -0.05) is 55.4 Å². The lowest BCUT2D eigenvalue weighted by molar-refractivity contribution is -0.0955. The van der Waals surface area contributed by atoms with E-state index in [0.717, 1.165) is 52.8 Å². The first-order valence-electron chi connectivity index (χ1n) is 11.1. The molecule has 0 aromatic rings. The maximum atomic E-state index is 2.39. The Labute approximate surface area is 153 Å². The first-order chi connectivity index (χ1) is 11.1. The largest absolute Gasteiger partial charge is 0.0628 e. The maximum absolute atomic E-state index is 2.39. The van der Waals surface area contributed by atoms with Gasteiger partial charge in [-0.3, -0.25) is 0 Å². The van der Waals surface area contributed by atoms with Gasteiger partial charge in [0.2, 0.25) is 0 Å². The van der Waals surface area contributed by atoms with Crippen LogP contribution in [0.2, 0.25) is 0 Å². The molecule has 142 valence electrons. The van der Waals surface area contributed by atoms with Crippen molar-refractivity contribution >= 4 is 0 Å². The average molecular weight is 335 g/mol. The lowest BCUT2D eigenvalue weighted by Crippen LogP contribution is -2.50. The average Bonchev–Trinajstić information content (AvgIpc) is 2.28. The lowest BCUT2D eigenvalue weighted by Gasteiger charge is -2.60. The van der Waals surface area contributed by atoms with E-state index in [-0.39, 0.29) is 0 Å². The molecule has 0 atom stereocenters. The van der Waals surface area contributed by atoms with E-state index in [1.54, 1.807) is 25.7 Å². The summed E-state index contributed by atoms with van der Waals surface area (Å²) in [5, 5.41) is 0. The minimum Gasteiger partial charge on any atom is -0.0628 e. The van der Waals surface area contributed by atoms with E-state index in [1.807, 2.05) is 0 Å². The molecule has 0 aromatic heterocycles. The number of rotatable bonds is 5. The minimum atomic E-state index is 0.851. The van der Waals surface area contributed by atoms with E-state index in [0.29, 0.717) is 0 Å². The summed E-state index contributed by atoms with van der Waals surface area (Å²) >= 11 is 0. The summed E-state index contributed by atoms with van der Waals surface area (Å²) in [6, 6.07) is 0. The Morgan fingerprint density at radius 2 is 1.00 bits per heavy atom. The Hall–Kier alpha value is 0. The second-order valence-corrected chi connectivity index (χ2v) is 11.3. The van der Waals surface area contributed by atoms with E-state index in [2.05, 4.69) is 55.4 Å². The van der Waals surface area contributed by atoms with Crippen molar-refractivity contribution < 1.29 is 0 Å². The topological polar surface area (TPSA) is 0 Å². The van der Waals surface area contributed by atoms with Crippen LogP contribution in [-0.2, 0) is 0 Å². The van der Waals surface area contributed by atoms with Crippen molar-refractivity contribution in [1.82, 2.24) is 0 Å². The van der Waals surface area contributed by atoms with E-state index in [9.17, 15) is 0 Å². The van der Waals surface area contributed by atoms with Crippen LogP contribution in [0.3, 0.4) is 0 Å². The van der Waals surface area contributed by atoms with Gasteiger partial charge in [-0.15, -0.1) is 0 Å². The van der Waals surface area contributed by atoms with E-state index in [1.165, 1.54) is 19.3 Å². The van der Waals surface area contributed by atoms with Crippen LogP contribution in [0.1, 0.15) is 100 Å². The van der Waals surface area contributed by atoms with Gasteiger partial charge in [0, 0.05) is 0 Å². The normalized spacial score (nSPS) is 38.0.